The minimum atomic E-state index is -0.274. The molecule has 3 atom stereocenters. The van der Waals surface area contributed by atoms with Crippen molar-refractivity contribution in [3.05, 3.63) is 0 Å². The summed E-state index contributed by atoms with van der Waals surface area (Å²) in [6.45, 7) is 7.71. The normalized spacial score (nSPS) is 16.0. The lowest BCUT2D eigenvalue weighted by molar-refractivity contribution is -0.154. The maximum Gasteiger partial charge on any atom is 0.306 e. The van der Waals surface area contributed by atoms with Crippen LogP contribution in [0.2, 0.25) is 0 Å². The lowest BCUT2D eigenvalue weighted by Gasteiger charge is -2.23. The lowest BCUT2D eigenvalue weighted by atomic mass is 10.0. The van der Waals surface area contributed by atoms with Gasteiger partial charge in [0.05, 0.1) is 12.7 Å². The summed E-state index contributed by atoms with van der Waals surface area (Å²) in [4.78, 5) is 37.6. The second-order valence-corrected chi connectivity index (χ2v) is 12.9. The van der Waals surface area contributed by atoms with E-state index in [2.05, 4.69) is 20.8 Å². The molecule has 44 heavy (non-hydrogen) atoms. The van der Waals surface area contributed by atoms with E-state index in [1.807, 2.05) is 0 Å². The smallest absolute Gasteiger partial charge is 0.306 e. The average Bonchev–Trinajstić information content (AvgIpc) is 3.54. The van der Waals surface area contributed by atoms with Gasteiger partial charge in [-0.3, -0.25) is 14.4 Å². The van der Waals surface area contributed by atoms with E-state index in [9.17, 15) is 14.4 Å². The Morgan fingerprint density at radius 1 is 0.591 bits per heavy atom. The van der Waals surface area contributed by atoms with Crippen LogP contribution in [0.4, 0.5) is 0 Å². The van der Waals surface area contributed by atoms with E-state index in [0.29, 0.717) is 51.6 Å². The fourth-order valence-corrected chi connectivity index (χ4v) is 5.82. The van der Waals surface area contributed by atoms with Crippen molar-refractivity contribution in [2.75, 3.05) is 13.2 Å². The van der Waals surface area contributed by atoms with E-state index in [0.717, 1.165) is 83.7 Å². The Morgan fingerprint density at radius 3 is 1.55 bits per heavy atom. The topological polar surface area (TPSA) is 88.1 Å². The number of hydrogen-bond acceptors (Lipinski definition) is 7. The van der Waals surface area contributed by atoms with E-state index in [1.165, 1.54) is 44.9 Å². The summed E-state index contributed by atoms with van der Waals surface area (Å²) in [7, 11) is 0. The largest absolute Gasteiger partial charge is 0.466 e. The van der Waals surface area contributed by atoms with Gasteiger partial charge in [0.15, 0.2) is 0 Å². The van der Waals surface area contributed by atoms with Crippen molar-refractivity contribution in [2.45, 2.75) is 206 Å². The Labute approximate surface area is 270 Å². The molecule has 1 aliphatic rings. The van der Waals surface area contributed by atoms with Gasteiger partial charge in [-0.2, -0.15) is 0 Å². The molecule has 7 nitrogen and oxygen atoms in total. The van der Waals surface area contributed by atoms with Gasteiger partial charge in [0.2, 0.25) is 0 Å². The molecule has 0 aromatic heterocycles. The molecule has 0 N–H and O–H groups in total. The molecule has 1 saturated heterocycles. The van der Waals surface area contributed by atoms with Gasteiger partial charge in [0.25, 0.3) is 0 Å². The zero-order valence-electron chi connectivity index (χ0n) is 28.9. The lowest BCUT2D eigenvalue weighted by Crippen LogP contribution is -2.25. The fourth-order valence-electron chi connectivity index (χ4n) is 5.82. The van der Waals surface area contributed by atoms with Crippen molar-refractivity contribution in [2.24, 2.45) is 0 Å². The first-order valence-corrected chi connectivity index (χ1v) is 18.6. The van der Waals surface area contributed by atoms with Gasteiger partial charge >= 0.3 is 17.9 Å². The van der Waals surface area contributed by atoms with Crippen molar-refractivity contribution in [3.63, 3.8) is 0 Å². The second-order valence-electron chi connectivity index (χ2n) is 12.9. The highest BCUT2D eigenvalue weighted by molar-refractivity contribution is 5.70. The van der Waals surface area contributed by atoms with Crippen LogP contribution in [0.3, 0.4) is 0 Å². The predicted molar refractivity (Wildman–Crippen MR) is 178 cm³/mol. The van der Waals surface area contributed by atoms with E-state index < -0.39 is 0 Å². The monoisotopic (exact) mass is 624 g/mol. The minimum Gasteiger partial charge on any atom is -0.466 e. The van der Waals surface area contributed by atoms with Crippen molar-refractivity contribution >= 4 is 17.9 Å². The number of unbranched alkanes of at least 4 members (excludes halogenated alkanes) is 12. The van der Waals surface area contributed by atoms with Crippen molar-refractivity contribution in [3.8, 4) is 0 Å². The molecule has 1 rings (SSSR count). The maximum atomic E-state index is 12.7. The molecule has 0 radical (unpaired) electrons. The molecule has 0 saturated carbocycles. The molecular formula is C37H68O7. The summed E-state index contributed by atoms with van der Waals surface area (Å²) in [6, 6.07) is 0. The highest BCUT2D eigenvalue weighted by atomic mass is 16.6. The molecule has 0 aliphatic carbocycles. The van der Waals surface area contributed by atoms with E-state index in [4.69, 9.17) is 18.9 Å². The molecule has 1 aliphatic heterocycles. The molecule has 0 spiro atoms. The number of ether oxygens (including phenoxy) is 4. The van der Waals surface area contributed by atoms with Crippen molar-refractivity contribution < 1.29 is 33.3 Å². The molecule has 0 aromatic carbocycles. The van der Waals surface area contributed by atoms with Gasteiger partial charge in [-0.1, -0.05) is 97.8 Å². The third-order valence-corrected chi connectivity index (χ3v) is 8.63. The summed E-state index contributed by atoms with van der Waals surface area (Å²) in [5.41, 5.74) is 0. The first kappa shape index (κ1) is 40.4. The molecule has 7 heteroatoms. The third-order valence-electron chi connectivity index (χ3n) is 8.63. The highest BCUT2D eigenvalue weighted by Crippen LogP contribution is 2.23. The second kappa shape index (κ2) is 28.8. The average molecular weight is 625 g/mol. The van der Waals surface area contributed by atoms with Crippen molar-refractivity contribution in [1.82, 2.24) is 0 Å². The maximum absolute atomic E-state index is 12.7. The first-order valence-electron chi connectivity index (χ1n) is 18.6. The Hall–Kier alpha value is -1.63. The van der Waals surface area contributed by atoms with Crippen LogP contribution in [0, 0.1) is 0 Å². The predicted octanol–water partition coefficient (Wildman–Crippen LogP) is 9.95. The number of rotatable bonds is 30. The SMILES string of the molecule is CCCCCCCC(=O)OCCC[C@@H](CC[C@@H](CC[C@@H]1CCCO1)OC(=O)CCCCCCC)OC(=O)CCCCCCC. The summed E-state index contributed by atoms with van der Waals surface area (Å²) < 4.78 is 23.3. The number of carbonyl (C=O) groups is 3. The molecule has 0 aromatic rings. The van der Waals surface area contributed by atoms with Gasteiger partial charge in [-0.05, 0) is 70.6 Å². The van der Waals surface area contributed by atoms with Gasteiger partial charge in [0, 0.05) is 25.9 Å². The quantitative estimate of drug-likeness (QED) is 0.0446. The molecular weight excluding hydrogens is 556 g/mol. The van der Waals surface area contributed by atoms with Crippen LogP contribution >= 0.6 is 0 Å². The van der Waals surface area contributed by atoms with E-state index in [-0.39, 0.29) is 36.2 Å². The summed E-state index contributed by atoms with van der Waals surface area (Å²) in [6.07, 6.45) is 23.9. The Bertz CT molecular complexity index is 704. The summed E-state index contributed by atoms with van der Waals surface area (Å²) in [5.74, 6) is -0.422. The van der Waals surface area contributed by atoms with E-state index >= 15 is 0 Å². The molecule has 0 unspecified atom stereocenters. The molecule has 1 fully saturated rings. The number of esters is 3. The summed E-state index contributed by atoms with van der Waals surface area (Å²) >= 11 is 0. The summed E-state index contributed by atoms with van der Waals surface area (Å²) in [5, 5.41) is 0. The highest BCUT2D eigenvalue weighted by Gasteiger charge is 2.23. The van der Waals surface area contributed by atoms with Crippen LogP contribution in [-0.2, 0) is 33.3 Å². The van der Waals surface area contributed by atoms with Gasteiger partial charge in [-0.25, -0.2) is 0 Å². The standard InChI is InChI=1S/C37H68O7/c1-4-7-10-13-16-23-35(38)42-31-20-22-33(43-36(39)24-17-14-11-8-5-2)28-29-34(27-26-32-21-19-30-41-32)44-37(40)25-18-15-12-9-6-3/h32-34H,4-31H2,1-3H3/t32-,33-,34+/m0/s1. The number of hydrogen-bond donors (Lipinski definition) is 0. The third kappa shape index (κ3) is 23.7. The molecule has 0 amide bonds. The van der Waals surface area contributed by atoms with E-state index in [1.54, 1.807) is 0 Å². The Balaban J connectivity index is 2.62. The first-order chi connectivity index (χ1) is 21.5. The minimum absolute atomic E-state index is 0.124. The van der Waals surface area contributed by atoms with Gasteiger partial charge in [-0.15, -0.1) is 0 Å². The Kier molecular flexibility index (Phi) is 26.5. The zero-order valence-corrected chi connectivity index (χ0v) is 28.9. The van der Waals surface area contributed by atoms with Gasteiger partial charge in [0.1, 0.15) is 12.2 Å². The molecule has 258 valence electrons. The molecule has 1 heterocycles. The van der Waals surface area contributed by atoms with Crippen LogP contribution in [0.1, 0.15) is 188 Å². The number of carbonyl (C=O) groups excluding carboxylic acids is 3. The van der Waals surface area contributed by atoms with Crippen LogP contribution in [-0.4, -0.2) is 49.4 Å². The molecule has 0 bridgehead atoms. The van der Waals surface area contributed by atoms with Gasteiger partial charge < -0.3 is 18.9 Å². The Morgan fingerprint density at radius 2 is 1.07 bits per heavy atom. The van der Waals surface area contributed by atoms with Crippen LogP contribution in [0.5, 0.6) is 0 Å². The van der Waals surface area contributed by atoms with Crippen LogP contribution in [0.25, 0.3) is 0 Å². The van der Waals surface area contributed by atoms with Crippen molar-refractivity contribution in [1.29, 1.82) is 0 Å². The zero-order chi connectivity index (χ0) is 32.1. The van der Waals surface area contributed by atoms with Crippen LogP contribution in [0.15, 0.2) is 0 Å². The fraction of sp³-hybridized carbons (Fsp3) is 0.919. The van der Waals surface area contributed by atoms with Crippen LogP contribution < -0.4 is 0 Å².